The third-order valence-electron chi connectivity index (χ3n) is 5.50. The molecule has 0 saturated carbocycles. The van der Waals surface area contributed by atoms with Crippen molar-refractivity contribution in [2.75, 3.05) is 11.4 Å². The van der Waals surface area contributed by atoms with Crippen molar-refractivity contribution in [2.45, 2.75) is 33.2 Å². The zero-order valence-electron chi connectivity index (χ0n) is 16.8. The van der Waals surface area contributed by atoms with Gasteiger partial charge in [-0.2, -0.15) is 0 Å². The van der Waals surface area contributed by atoms with Gasteiger partial charge in [0.2, 0.25) is 0 Å². The normalized spacial score (nSPS) is 15.8. The van der Waals surface area contributed by atoms with E-state index in [0.29, 0.717) is 5.56 Å². The summed E-state index contributed by atoms with van der Waals surface area (Å²) < 4.78 is 14.9. The van der Waals surface area contributed by atoms with Gasteiger partial charge >= 0.3 is 0 Å². The molecule has 0 aliphatic carbocycles. The summed E-state index contributed by atoms with van der Waals surface area (Å²) in [5.41, 5.74) is 4.40. The lowest BCUT2D eigenvalue weighted by Gasteiger charge is -2.42. The second-order valence-corrected chi connectivity index (χ2v) is 7.91. The highest BCUT2D eigenvalue weighted by molar-refractivity contribution is 5.90. The monoisotopic (exact) mass is 372 g/mol. The van der Waals surface area contributed by atoms with Gasteiger partial charge in [0, 0.05) is 29.6 Å². The lowest BCUT2D eigenvalue weighted by Crippen LogP contribution is -2.45. The van der Waals surface area contributed by atoms with Crippen molar-refractivity contribution in [3.05, 3.63) is 77.6 Å². The van der Waals surface area contributed by atoms with Gasteiger partial charge < -0.3 is 4.90 Å². The molecule has 0 bridgehead atoms. The van der Waals surface area contributed by atoms with Crippen molar-refractivity contribution in [3.8, 4) is 0 Å². The molecule has 4 rings (SSSR count). The highest BCUT2D eigenvalue weighted by atomic mass is 19.1. The van der Waals surface area contributed by atoms with E-state index in [-0.39, 0.29) is 11.4 Å². The number of rotatable bonds is 3. The van der Waals surface area contributed by atoms with Crippen LogP contribution >= 0.6 is 0 Å². The molecule has 1 heterocycles. The molecule has 0 atom stereocenters. The molecular formula is C25H25FN2. The summed E-state index contributed by atoms with van der Waals surface area (Å²) in [5, 5.41) is 2.30. The molecule has 3 aromatic rings. The minimum absolute atomic E-state index is 0.126. The molecule has 142 valence electrons. The first-order valence-electron chi connectivity index (χ1n) is 9.73. The number of hydrogen-bond donors (Lipinski definition) is 0. The number of nitrogens with zero attached hydrogens (tertiary/aromatic N) is 2. The fourth-order valence-electron chi connectivity index (χ4n) is 4.19. The standard InChI is InChI=1S/C25H25FN2/c1-5-28-24-14-23(26)20(13-22(24)17(2)15-25(28,3)4)16-27-21-11-10-18-8-6-7-9-19(18)12-21/h6-16H,5H2,1-4H3. The van der Waals surface area contributed by atoms with Crippen molar-refractivity contribution in [2.24, 2.45) is 4.99 Å². The number of anilines is 1. The molecule has 3 aromatic carbocycles. The van der Waals surface area contributed by atoms with E-state index in [2.05, 4.69) is 55.8 Å². The number of halogens is 1. The summed E-state index contributed by atoms with van der Waals surface area (Å²) >= 11 is 0. The SMILES string of the molecule is CCN1c2cc(F)c(C=Nc3ccc4ccccc4c3)cc2C(C)=CC1(C)C. The Kier molecular flexibility index (Phi) is 4.54. The summed E-state index contributed by atoms with van der Waals surface area (Å²) in [6.45, 7) is 9.35. The van der Waals surface area contributed by atoms with Crippen LogP contribution in [0.1, 0.15) is 38.8 Å². The molecule has 0 unspecified atom stereocenters. The Balaban J connectivity index is 1.73. The van der Waals surface area contributed by atoms with Gasteiger partial charge in [0.25, 0.3) is 0 Å². The van der Waals surface area contributed by atoms with E-state index in [1.165, 1.54) is 11.0 Å². The van der Waals surface area contributed by atoms with E-state index in [4.69, 9.17) is 0 Å². The first-order chi connectivity index (χ1) is 13.4. The lowest BCUT2D eigenvalue weighted by atomic mass is 9.88. The highest BCUT2D eigenvalue weighted by Crippen LogP contribution is 2.39. The minimum Gasteiger partial charge on any atom is -0.363 e. The number of hydrogen-bond acceptors (Lipinski definition) is 2. The van der Waals surface area contributed by atoms with Crippen molar-refractivity contribution >= 4 is 33.9 Å². The van der Waals surface area contributed by atoms with Crippen LogP contribution in [0.2, 0.25) is 0 Å². The van der Waals surface area contributed by atoms with Crippen LogP contribution in [-0.2, 0) is 0 Å². The second kappa shape index (κ2) is 6.90. The largest absolute Gasteiger partial charge is 0.363 e. The molecule has 0 spiro atoms. The summed E-state index contributed by atoms with van der Waals surface area (Å²) in [4.78, 5) is 6.77. The fraction of sp³-hybridized carbons (Fsp3) is 0.240. The molecule has 1 aliphatic rings. The van der Waals surface area contributed by atoms with Gasteiger partial charge in [-0.05, 0) is 68.3 Å². The van der Waals surface area contributed by atoms with Gasteiger partial charge in [-0.3, -0.25) is 4.99 Å². The number of likely N-dealkylation sites (N-methyl/N-ethyl adjacent to an activating group) is 1. The molecule has 0 amide bonds. The summed E-state index contributed by atoms with van der Waals surface area (Å²) in [5.74, 6) is -0.243. The van der Waals surface area contributed by atoms with Crippen LogP contribution in [-0.4, -0.2) is 18.3 Å². The minimum atomic E-state index is -0.243. The van der Waals surface area contributed by atoms with Crippen LogP contribution in [0.3, 0.4) is 0 Å². The van der Waals surface area contributed by atoms with Crippen LogP contribution in [0.25, 0.3) is 16.3 Å². The Morgan fingerprint density at radius 1 is 1.04 bits per heavy atom. The fourth-order valence-corrected chi connectivity index (χ4v) is 4.19. The van der Waals surface area contributed by atoms with Crippen molar-refractivity contribution in [1.29, 1.82) is 0 Å². The van der Waals surface area contributed by atoms with E-state index < -0.39 is 0 Å². The van der Waals surface area contributed by atoms with Crippen LogP contribution < -0.4 is 4.90 Å². The maximum Gasteiger partial charge on any atom is 0.134 e. The molecule has 1 aliphatic heterocycles. The Morgan fingerprint density at radius 2 is 1.79 bits per heavy atom. The second-order valence-electron chi connectivity index (χ2n) is 7.91. The number of aliphatic imine (C=N–C) groups is 1. The molecule has 0 saturated heterocycles. The maximum absolute atomic E-state index is 14.9. The third-order valence-corrected chi connectivity index (χ3v) is 5.50. The van der Waals surface area contributed by atoms with Crippen molar-refractivity contribution in [3.63, 3.8) is 0 Å². The topological polar surface area (TPSA) is 15.6 Å². The van der Waals surface area contributed by atoms with Gasteiger partial charge in [0.15, 0.2) is 0 Å². The zero-order chi connectivity index (χ0) is 19.9. The predicted molar refractivity (Wildman–Crippen MR) is 118 cm³/mol. The predicted octanol–water partition coefficient (Wildman–Crippen LogP) is 6.75. The van der Waals surface area contributed by atoms with E-state index >= 15 is 0 Å². The number of benzene rings is 3. The molecule has 3 heteroatoms. The molecule has 0 aromatic heterocycles. The van der Waals surface area contributed by atoms with Gasteiger partial charge in [-0.25, -0.2) is 4.39 Å². The van der Waals surface area contributed by atoms with E-state index in [9.17, 15) is 4.39 Å². The van der Waals surface area contributed by atoms with E-state index in [1.807, 2.05) is 36.4 Å². The Hall–Kier alpha value is -2.94. The van der Waals surface area contributed by atoms with Crippen molar-refractivity contribution in [1.82, 2.24) is 0 Å². The molecular weight excluding hydrogens is 347 g/mol. The summed E-state index contributed by atoms with van der Waals surface area (Å²) in [6, 6.07) is 17.7. The van der Waals surface area contributed by atoms with Crippen molar-refractivity contribution < 1.29 is 4.39 Å². The first-order valence-corrected chi connectivity index (χ1v) is 9.73. The molecule has 28 heavy (non-hydrogen) atoms. The maximum atomic E-state index is 14.9. The summed E-state index contributed by atoms with van der Waals surface area (Å²) in [7, 11) is 0. The quantitative estimate of drug-likeness (QED) is 0.464. The average molecular weight is 372 g/mol. The number of fused-ring (bicyclic) bond motifs is 2. The van der Waals surface area contributed by atoms with Crippen LogP contribution in [0.4, 0.5) is 15.8 Å². The van der Waals surface area contributed by atoms with Gasteiger partial charge in [0.05, 0.1) is 11.2 Å². The van der Waals surface area contributed by atoms with Gasteiger partial charge in [-0.1, -0.05) is 36.4 Å². The van der Waals surface area contributed by atoms with Gasteiger partial charge in [-0.15, -0.1) is 0 Å². The number of allylic oxidation sites excluding steroid dienone is 1. The van der Waals surface area contributed by atoms with E-state index in [1.54, 1.807) is 12.3 Å². The van der Waals surface area contributed by atoms with Crippen LogP contribution in [0, 0.1) is 5.82 Å². The third kappa shape index (κ3) is 3.22. The smallest absolute Gasteiger partial charge is 0.134 e. The Labute approximate surface area is 166 Å². The Bertz CT molecular complexity index is 1110. The highest BCUT2D eigenvalue weighted by Gasteiger charge is 2.30. The molecule has 0 radical (unpaired) electrons. The zero-order valence-corrected chi connectivity index (χ0v) is 16.8. The van der Waals surface area contributed by atoms with Gasteiger partial charge in [0.1, 0.15) is 5.82 Å². The van der Waals surface area contributed by atoms with E-state index in [0.717, 1.165) is 28.9 Å². The van der Waals surface area contributed by atoms with Crippen LogP contribution in [0.5, 0.6) is 0 Å². The lowest BCUT2D eigenvalue weighted by molar-refractivity contribution is 0.561. The first kappa shape index (κ1) is 18.4. The Morgan fingerprint density at radius 3 is 2.54 bits per heavy atom. The van der Waals surface area contributed by atoms with Crippen LogP contribution in [0.15, 0.2) is 65.7 Å². The summed E-state index contributed by atoms with van der Waals surface area (Å²) in [6.07, 6.45) is 3.88. The molecule has 2 nitrogen and oxygen atoms in total. The molecule has 0 fully saturated rings. The average Bonchev–Trinajstić information content (AvgIpc) is 2.66. The molecule has 0 N–H and O–H groups in total.